The molecule has 0 atom stereocenters. The highest BCUT2D eigenvalue weighted by Gasteiger charge is 2.15. The van der Waals surface area contributed by atoms with E-state index >= 15 is 0 Å². The lowest BCUT2D eigenvalue weighted by atomic mass is 10.2. The van der Waals surface area contributed by atoms with E-state index in [2.05, 4.69) is 20.5 Å². The SMILES string of the molecule is CC(C)c1nc(C(=O)Nc2ccc(Cl)cc2Cl)n[nH]1. The Balaban J connectivity index is 2.16. The topological polar surface area (TPSA) is 70.7 Å². The first-order valence-electron chi connectivity index (χ1n) is 5.66. The molecule has 0 bridgehead atoms. The minimum Gasteiger partial charge on any atom is -0.318 e. The zero-order chi connectivity index (χ0) is 14.0. The van der Waals surface area contributed by atoms with E-state index in [1.807, 2.05) is 13.8 Å². The summed E-state index contributed by atoms with van der Waals surface area (Å²) >= 11 is 11.8. The van der Waals surface area contributed by atoms with Crippen LogP contribution in [0.5, 0.6) is 0 Å². The van der Waals surface area contributed by atoms with E-state index in [1.54, 1.807) is 18.2 Å². The summed E-state index contributed by atoms with van der Waals surface area (Å²) in [6.07, 6.45) is 0. The van der Waals surface area contributed by atoms with Crippen LogP contribution in [-0.4, -0.2) is 21.1 Å². The molecule has 2 N–H and O–H groups in total. The maximum atomic E-state index is 11.9. The van der Waals surface area contributed by atoms with Crippen molar-refractivity contribution < 1.29 is 4.79 Å². The van der Waals surface area contributed by atoms with Crippen molar-refractivity contribution in [3.63, 3.8) is 0 Å². The lowest BCUT2D eigenvalue weighted by Crippen LogP contribution is -2.14. The predicted molar refractivity (Wildman–Crippen MR) is 74.9 cm³/mol. The van der Waals surface area contributed by atoms with Gasteiger partial charge in [-0.3, -0.25) is 9.89 Å². The number of hydrogen-bond donors (Lipinski definition) is 2. The summed E-state index contributed by atoms with van der Waals surface area (Å²) in [5.74, 6) is 0.489. The van der Waals surface area contributed by atoms with Gasteiger partial charge in [-0.25, -0.2) is 4.98 Å². The molecule has 100 valence electrons. The number of aromatic nitrogens is 3. The minimum atomic E-state index is -0.424. The molecule has 2 aromatic rings. The number of nitrogens with one attached hydrogen (secondary N) is 2. The number of anilines is 1. The van der Waals surface area contributed by atoms with Crippen molar-refractivity contribution in [2.75, 3.05) is 5.32 Å². The Labute approximate surface area is 120 Å². The van der Waals surface area contributed by atoms with Crippen molar-refractivity contribution in [1.29, 1.82) is 0 Å². The van der Waals surface area contributed by atoms with Gasteiger partial charge in [-0.2, -0.15) is 0 Å². The van der Waals surface area contributed by atoms with E-state index in [9.17, 15) is 4.79 Å². The van der Waals surface area contributed by atoms with Crippen molar-refractivity contribution in [3.05, 3.63) is 39.9 Å². The van der Waals surface area contributed by atoms with Gasteiger partial charge in [-0.15, -0.1) is 5.10 Å². The van der Waals surface area contributed by atoms with Crippen LogP contribution >= 0.6 is 23.2 Å². The minimum absolute atomic E-state index is 0.0784. The first kappa shape index (κ1) is 13.8. The fourth-order valence-corrected chi connectivity index (χ4v) is 1.86. The second-order valence-corrected chi connectivity index (χ2v) is 5.12. The molecule has 0 aliphatic rings. The quantitative estimate of drug-likeness (QED) is 0.911. The Hall–Kier alpha value is -1.59. The van der Waals surface area contributed by atoms with E-state index in [0.29, 0.717) is 21.6 Å². The molecule has 1 heterocycles. The number of hydrogen-bond acceptors (Lipinski definition) is 3. The van der Waals surface area contributed by atoms with Crippen LogP contribution in [-0.2, 0) is 0 Å². The highest BCUT2D eigenvalue weighted by atomic mass is 35.5. The number of carbonyl (C=O) groups excluding carboxylic acids is 1. The maximum absolute atomic E-state index is 11.9. The molecule has 0 aliphatic heterocycles. The molecule has 0 saturated heterocycles. The third-order valence-electron chi connectivity index (χ3n) is 2.43. The van der Waals surface area contributed by atoms with E-state index in [-0.39, 0.29) is 11.7 Å². The molecule has 7 heteroatoms. The van der Waals surface area contributed by atoms with Gasteiger partial charge < -0.3 is 5.32 Å². The second-order valence-electron chi connectivity index (χ2n) is 4.28. The molecule has 5 nitrogen and oxygen atoms in total. The molecule has 0 aliphatic carbocycles. The summed E-state index contributed by atoms with van der Waals surface area (Å²) in [6, 6.07) is 4.81. The van der Waals surface area contributed by atoms with Crippen molar-refractivity contribution in [3.8, 4) is 0 Å². The van der Waals surface area contributed by atoms with Gasteiger partial charge in [-0.05, 0) is 18.2 Å². The summed E-state index contributed by atoms with van der Waals surface area (Å²) in [6.45, 7) is 3.91. The first-order valence-corrected chi connectivity index (χ1v) is 6.41. The maximum Gasteiger partial charge on any atom is 0.295 e. The zero-order valence-electron chi connectivity index (χ0n) is 10.4. The van der Waals surface area contributed by atoms with Gasteiger partial charge in [0.15, 0.2) is 0 Å². The molecule has 0 unspecified atom stereocenters. The van der Waals surface area contributed by atoms with Crippen LogP contribution < -0.4 is 5.32 Å². The normalized spacial score (nSPS) is 10.8. The Kier molecular flexibility index (Phi) is 4.07. The predicted octanol–water partition coefficient (Wildman–Crippen LogP) is 3.49. The number of halogens is 2. The summed E-state index contributed by atoms with van der Waals surface area (Å²) < 4.78 is 0. The lowest BCUT2D eigenvalue weighted by molar-refractivity contribution is 0.101. The van der Waals surface area contributed by atoms with Gasteiger partial charge in [-0.1, -0.05) is 37.0 Å². The number of H-pyrrole nitrogens is 1. The van der Waals surface area contributed by atoms with Gasteiger partial charge in [0.2, 0.25) is 5.82 Å². The van der Waals surface area contributed by atoms with Crippen LogP contribution in [0.15, 0.2) is 18.2 Å². The molecule has 0 spiro atoms. The third kappa shape index (κ3) is 3.24. The highest BCUT2D eigenvalue weighted by molar-refractivity contribution is 6.36. The molecule has 1 aromatic carbocycles. The molecule has 2 rings (SSSR count). The monoisotopic (exact) mass is 298 g/mol. The van der Waals surface area contributed by atoms with Crippen LogP contribution in [0.2, 0.25) is 10.0 Å². The molecule has 1 aromatic heterocycles. The largest absolute Gasteiger partial charge is 0.318 e. The lowest BCUT2D eigenvalue weighted by Gasteiger charge is -2.05. The molecular weight excluding hydrogens is 287 g/mol. The van der Waals surface area contributed by atoms with Crippen molar-refractivity contribution in [1.82, 2.24) is 15.2 Å². The van der Waals surface area contributed by atoms with Gasteiger partial charge >= 0.3 is 0 Å². The third-order valence-corrected chi connectivity index (χ3v) is 2.98. The first-order chi connectivity index (χ1) is 8.97. The van der Waals surface area contributed by atoms with Crippen LogP contribution in [0.1, 0.15) is 36.2 Å². The highest BCUT2D eigenvalue weighted by Crippen LogP contribution is 2.25. The Morgan fingerprint density at radius 1 is 1.37 bits per heavy atom. The van der Waals surface area contributed by atoms with Crippen LogP contribution in [0.3, 0.4) is 0 Å². The van der Waals surface area contributed by atoms with Crippen molar-refractivity contribution in [2.45, 2.75) is 19.8 Å². The van der Waals surface area contributed by atoms with Crippen LogP contribution in [0.4, 0.5) is 5.69 Å². The number of amides is 1. The molecule has 0 saturated carbocycles. The summed E-state index contributed by atoms with van der Waals surface area (Å²) in [5.41, 5.74) is 0.465. The summed E-state index contributed by atoms with van der Waals surface area (Å²) in [4.78, 5) is 16.0. The Morgan fingerprint density at radius 2 is 2.11 bits per heavy atom. The summed E-state index contributed by atoms with van der Waals surface area (Å²) in [7, 11) is 0. The molecule has 1 amide bonds. The number of nitrogens with zero attached hydrogens (tertiary/aromatic N) is 2. The second kappa shape index (κ2) is 5.59. The number of rotatable bonds is 3. The molecule has 0 fully saturated rings. The number of benzene rings is 1. The van der Waals surface area contributed by atoms with Gasteiger partial charge in [0.25, 0.3) is 5.91 Å². The standard InChI is InChI=1S/C12H12Cl2N4O/c1-6(2)10-16-11(18-17-10)12(19)15-9-4-3-7(13)5-8(9)14/h3-6H,1-2H3,(H,15,19)(H,16,17,18). The molecular formula is C12H12Cl2N4O. The fraction of sp³-hybridized carbons (Fsp3) is 0.250. The van der Waals surface area contributed by atoms with Crippen molar-refractivity contribution >= 4 is 34.8 Å². The fourth-order valence-electron chi connectivity index (χ4n) is 1.40. The zero-order valence-corrected chi connectivity index (χ0v) is 11.9. The smallest absolute Gasteiger partial charge is 0.295 e. The molecule has 19 heavy (non-hydrogen) atoms. The van der Waals surface area contributed by atoms with Crippen LogP contribution in [0.25, 0.3) is 0 Å². The average Bonchev–Trinajstić information content (AvgIpc) is 2.82. The van der Waals surface area contributed by atoms with E-state index in [1.165, 1.54) is 0 Å². The van der Waals surface area contributed by atoms with Crippen molar-refractivity contribution in [2.24, 2.45) is 0 Å². The van der Waals surface area contributed by atoms with Crippen LogP contribution in [0, 0.1) is 0 Å². The van der Waals surface area contributed by atoms with Gasteiger partial charge in [0.05, 0.1) is 10.7 Å². The summed E-state index contributed by atoms with van der Waals surface area (Å²) in [5, 5.41) is 10.1. The number of aromatic amines is 1. The molecule has 0 radical (unpaired) electrons. The Bertz CT molecular complexity index is 610. The Morgan fingerprint density at radius 3 is 2.68 bits per heavy atom. The van der Waals surface area contributed by atoms with Gasteiger partial charge in [0.1, 0.15) is 5.82 Å². The number of carbonyl (C=O) groups is 1. The van der Waals surface area contributed by atoms with E-state index < -0.39 is 5.91 Å². The van der Waals surface area contributed by atoms with E-state index in [0.717, 1.165) is 0 Å². The van der Waals surface area contributed by atoms with Gasteiger partial charge in [0, 0.05) is 10.9 Å². The van der Waals surface area contributed by atoms with E-state index in [4.69, 9.17) is 23.2 Å². The average molecular weight is 299 g/mol.